The second kappa shape index (κ2) is 8.31. The fraction of sp³-hybridized carbons (Fsp3) is 0.333. The number of rotatable bonds is 7. The first-order valence-corrected chi connectivity index (χ1v) is 7.66. The lowest BCUT2D eigenvalue weighted by atomic mass is 10.1. The molecule has 0 aliphatic carbocycles. The van der Waals surface area contributed by atoms with Crippen molar-refractivity contribution in [1.82, 2.24) is 10.3 Å². The Labute approximate surface area is 140 Å². The predicted octanol–water partition coefficient (Wildman–Crippen LogP) is 1.83. The number of hydrogen-bond acceptors (Lipinski definition) is 4. The summed E-state index contributed by atoms with van der Waals surface area (Å²) in [6.07, 6.45) is 0. The lowest BCUT2D eigenvalue weighted by Gasteiger charge is -2.09. The number of aromatic amines is 1. The van der Waals surface area contributed by atoms with Gasteiger partial charge in [0, 0.05) is 17.8 Å². The molecule has 6 heteroatoms. The number of benzene rings is 1. The van der Waals surface area contributed by atoms with Crippen LogP contribution in [-0.4, -0.2) is 24.6 Å². The van der Waals surface area contributed by atoms with Crippen LogP contribution < -0.4 is 15.6 Å². The summed E-state index contributed by atoms with van der Waals surface area (Å²) >= 11 is 0. The third-order valence-electron chi connectivity index (χ3n) is 3.59. The molecule has 1 heterocycles. The molecule has 24 heavy (non-hydrogen) atoms. The number of ether oxygens (including phenoxy) is 2. The van der Waals surface area contributed by atoms with E-state index in [2.05, 4.69) is 10.3 Å². The van der Waals surface area contributed by atoms with E-state index >= 15 is 0 Å². The first-order valence-electron chi connectivity index (χ1n) is 7.66. The smallest absolute Gasteiger partial charge is 0.253 e. The zero-order chi connectivity index (χ0) is 17.5. The molecule has 1 aromatic heterocycles. The molecule has 0 bridgehead atoms. The molecule has 0 aliphatic rings. The Balaban J connectivity index is 1.81. The van der Waals surface area contributed by atoms with Crippen LogP contribution in [0.5, 0.6) is 5.75 Å². The van der Waals surface area contributed by atoms with Crippen molar-refractivity contribution >= 4 is 5.91 Å². The second-order valence-electron chi connectivity index (χ2n) is 5.56. The van der Waals surface area contributed by atoms with E-state index in [0.29, 0.717) is 12.2 Å². The normalized spacial score (nSPS) is 10.5. The van der Waals surface area contributed by atoms with Crippen LogP contribution in [0.25, 0.3) is 0 Å². The molecule has 0 spiro atoms. The van der Waals surface area contributed by atoms with E-state index in [4.69, 9.17) is 9.47 Å². The molecule has 0 radical (unpaired) electrons. The van der Waals surface area contributed by atoms with E-state index in [1.54, 1.807) is 7.11 Å². The maximum atomic E-state index is 11.9. The van der Waals surface area contributed by atoms with E-state index in [9.17, 15) is 9.59 Å². The van der Waals surface area contributed by atoms with Gasteiger partial charge in [0.2, 0.25) is 5.91 Å². The third-order valence-corrected chi connectivity index (χ3v) is 3.59. The largest absolute Gasteiger partial charge is 0.497 e. The van der Waals surface area contributed by atoms with Gasteiger partial charge < -0.3 is 19.8 Å². The van der Waals surface area contributed by atoms with Crippen molar-refractivity contribution in [2.45, 2.75) is 27.0 Å². The molecule has 0 fully saturated rings. The molecule has 0 saturated carbocycles. The number of methoxy groups -OCH3 is 1. The topological polar surface area (TPSA) is 80.4 Å². The summed E-state index contributed by atoms with van der Waals surface area (Å²) in [5.41, 5.74) is 2.96. The van der Waals surface area contributed by atoms with Crippen molar-refractivity contribution in [2.75, 3.05) is 13.7 Å². The highest BCUT2D eigenvalue weighted by atomic mass is 16.5. The molecule has 6 nitrogen and oxygen atoms in total. The minimum absolute atomic E-state index is 0.0694. The number of carbonyl (C=O) groups is 1. The van der Waals surface area contributed by atoms with Crippen molar-refractivity contribution < 1.29 is 14.3 Å². The molecular weight excluding hydrogens is 308 g/mol. The zero-order valence-electron chi connectivity index (χ0n) is 14.1. The number of carbonyl (C=O) groups excluding carboxylic acids is 1. The average molecular weight is 330 g/mol. The molecular formula is C18H22N2O4. The van der Waals surface area contributed by atoms with Gasteiger partial charge in [-0.05, 0) is 43.2 Å². The van der Waals surface area contributed by atoms with Crippen molar-refractivity contribution in [2.24, 2.45) is 0 Å². The van der Waals surface area contributed by atoms with Crippen LogP contribution in [0.4, 0.5) is 0 Å². The Kier molecular flexibility index (Phi) is 6.14. The minimum atomic E-state index is -0.266. The first-order chi connectivity index (χ1) is 11.5. The monoisotopic (exact) mass is 330 g/mol. The second-order valence-corrected chi connectivity index (χ2v) is 5.56. The fourth-order valence-electron chi connectivity index (χ4n) is 2.36. The molecule has 2 rings (SSSR count). The van der Waals surface area contributed by atoms with Crippen LogP contribution in [0.15, 0.2) is 35.1 Å². The number of nitrogens with one attached hydrogen (secondary N) is 2. The van der Waals surface area contributed by atoms with Crippen LogP contribution in [0.3, 0.4) is 0 Å². The van der Waals surface area contributed by atoms with E-state index < -0.39 is 0 Å². The van der Waals surface area contributed by atoms with Gasteiger partial charge in [0.05, 0.1) is 13.7 Å². The highest BCUT2D eigenvalue weighted by Gasteiger charge is 2.08. The lowest BCUT2D eigenvalue weighted by molar-refractivity contribution is -0.126. The summed E-state index contributed by atoms with van der Waals surface area (Å²) < 4.78 is 10.5. The molecule has 0 aliphatic heterocycles. The summed E-state index contributed by atoms with van der Waals surface area (Å²) in [4.78, 5) is 26.5. The van der Waals surface area contributed by atoms with E-state index in [-0.39, 0.29) is 24.6 Å². The van der Waals surface area contributed by atoms with Gasteiger partial charge in [0.15, 0.2) is 0 Å². The predicted molar refractivity (Wildman–Crippen MR) is 91.0 cm³/mol. The number of aromatic nitrogens is 1. The maximum absolute atomic E-state index is 11.9. The molecule has 0 atom stereocenters. The molecule has 0 saturated heterocycles. The number of hydrogen-bond donors (Lipinski definition) is 2. The molecule has 1 aromatic carbocycles. The van der Waals surface area contributed by atoms with Crippen LogP contribution in [0.1, 0.15) is 22.4 Å². The third kappa shape index (κ3) is 4.96. The summed E-state index contributed by atoms with van der Waals surface area (Å²) in [7, 11) is 1.60. The van der Waals surface area contributed by atoms with Crippen LogP contribution in [0.2, 0.25) is 0 Å². The highest BCUT2D eigenvalue weighted by molar-refractivity contribution is 5.77. The van der Waals surface area contributed by atoms with E-state index in [1.807, 2.05) is 44.2 Å². The van der Waals surface area contributed by atoms with Gasteiger partial charge in [-0.2, -0.15) is 0 Å². The van der Waals surface area contributed by atoms with E-state index in [1.165, 1.54) is 0 Å². The van der Waals surface area contributed by atoms with Crippen LogP contribution in [-0.2, 0) is 22.7 Å². The lowest BCUT2D eigenvalue weighted by Crippen LogP contribution is -2.30. The zero-order valence-corrected chi connectivity index (χ0v) is 14.1. The van der Waals surface area contributed by atoms with Crippen LogP contribution >= 0.6 is 0 Å². The first kappa shape index (κ1) is 17.7. The van der Waals surface area contributed by atoms with E-state index in [0.717, 1.165) is 22.6 Å². The summed E-state index contributed by atoms with van der Waals surface area (Å²) in [6.45, 7) is 4.10. The number of aryl methyl sites for hydroxylation is 2. The van der Waals surface area contributed by atoms with Crippen molar-refractivity contribution in [1.29, 1.82) is 0 Å². The average Bonchev–Trinajstić information content (AvgIpc) is 2.54. The Hall–Kier alpha value is -2.60. The Morgan fingerprint density at radius 1 is 1.25 bits per heavy atom. The van der Waals surface area contributed by atoms with Gasteiger partial charge in [-0.3, -0.25) is 9.59 Å². The Morgan fingerprint density at radius 2 is 2.04 bits per heavy atom. The molecule has 1 amide bonds. The van der Waals surface area contributed by atoms with Gasteiger partial charge in [0.1, 0.15) is 12.4 Å². The fourth-order valence-corrected chi connectivity index (χ4v) is 2.36. The minimum Gasteiger partial charge on any atom is -0.497 e. The molecule has 2 aromatic rings. The number of H-pyrrole nitrogens is 1. The van der Waals surface area contributed by atoms with Crippen LogP contribution in [0, 0.1) is 13.8 Å². The van der Waals surface area contributed by atoms with Gasteiger partial charge in [-0.15, -0.1) is 0 Å². The van der Waals surface area contributed by atoms with Gasteiger partial charge in [0.25, 0.3) is 5.56 Å². The molecule has 128 valence electrons. The quantitative estimate of drug-likeness (QED) is 0.812. The number of amides is 1. The summed E-state index contributed by atoms with van der Waals surface area (Å²) in [6, 6.07) is 9.34. The van der Waals surface area contributed by atoms with Gasteiger partial charge in [-0.1, -0.05) is 12.1 Å². The SMILES string of the molecule is COc1cccc(COCC(=O)NCc2c(C)cc(C)[nH]c2=O)c1. The van der Waals surface area contributed by atoms with Gasteiger partial charge in [-0.25, -0.2) is 0 Å². The van der Waals surface area contributed by atoms with Crippen molar-refractivity contribution in [3.63, 3.8) is 0 Å². The van der Waals surface area contributed by atoms with Crippen molar-refractivity contribution in [3.8, 4) is 5.75 Å². The highest BCUT2D eigenvalue weighted by Crippen LogP contribution is 2.13. The Bertz CT molecular complexity index is 768. The van der Waals surface area contributed by atoms with Crippen molar-refractivity contribution in [3.05, 3.63) is 63.1 Å². The molecule has 0 unspecified atom stereocenters. The standard InChI is InChI=1S/C18H22N2O4/c1-12-7-13(2)20-18(22)16(12)9-19-17(21)11-24-10-14-5-4-6-15(8-14)23-3/h4-8H,9-11H2,1-3H3,(H,19,21)(H,20,22). The summed E-state index contributed by atoms with van der Waals surface area (Å²) in [5.74, 6) is 0.479. The molecule has 2 N–H and O–H groups in total. The Morgan fingerprint density at radius 3 is 2.75 bits per heavy atom. The summed E-state index contributed by atoms with van der Waals surface area (Å²) in [5, 5.41) is 2.70. The van der Waals surface area contributed by atoms with Gasteiger partial charge >= 0.3 is 0 Å². The maximum Gasteiger partial charge on any atom is 0.253 e. The number of pyridine rings is 1.